The Morgan fingerprint density at radius 1 is 1.00 bits per heavy atom. The van der Waals surface area contributed by atoms with Gasteiger partial charge in [0.2, 0.25) is 12.3 Å². The molecule has 4 saturated heterocycles. The number of pyridine rings is 1. The van der Waals surface area contributed by atoms with Gasteiger partial charge in [-0.25, -0.2) is 9.07 Å². The number of alkyl halides is 3. The molecule has 4 fully saturated rings. The van der Waals surface area contributed by atoms with Crippen LogP contribution < -0.4 is 30.7 Å². The van der Waals surface area contributed by atoms with Crippen LogP contribution in [0.5, 0.6) is 11.8 Å². The van der Waals surface area contributed by atoms with Crippen molar-refractivity contribution in [3.8, 4) is 51.5 Å². The number of amides is 2. The fraction of sp³-hybridized carbons (Fsp3) is 0.387. The highest BCUT2D eigenvalue weighted by Crippen LogP contribution is 2.52. The Labute approximate surface area is 497 Å². The molecule has 23 heteroatoms. The van der Waals surface area contributed by atoms with Gasteiger partial charge in [-0.2, -0.15) is 28.4 Å². The van der Waals surface area contributed by atoms with Gasteiger partial charge in [-0.05, 0) is 86.4 Å². The lowest BCUT2D eigenvalue weighted by Crippen LogP contribution is -2.51. The lowest BCUT2D eigenvalue weighted by atomic mass is 9.92. The molecule has 12 rings (SSSR count). The predicted octanol–water partition coefficient (Wildman–Crippen LogP) is 11.9. The summed E-state index contributed by atoms with van der Waals surface area (Å²) in [5, 5.41) is 26.0. The SMILES string of the molecule is CC(C)C(C(=O)N1CCCC1C)n1cc(-c2ccc(COc3c(-c4ccc(F)c5sc(N)c(C#N)c45)c(C(F)(F)F)cc4c(N5CC6CCC(C5)N6)nc(OC5CCOCC5)nc34)cc2)nn1.CC(NC=O)c1ccc(-c2ncccc2Cl)cc1. The quantitative estimate of drug-likeness (QED) is 0.0644. The fourth-order valence-corrected chi connectivity index (χ4v) is 13.1. The van der Waals surface area contributed by atoms with Crippen LogP contribution in [0.1, 0.15) is 101 Å². The molecule has 442 valence electrons. The van der Waals surface area contributed by atoms with Crippen LogP contribution in [0.4, 0.5) is 28.4 Å². The number of hydrogen-bond acceptors (Lipinski definition) is 15. The van der Waals surface area contributed by atoms with Crippen molar-refractivity contribution in [1.82, 2.24) is 45.5 Å². The second-order valence-corrected chi connectivity index (χ2v) is 23.8. The third-order valence-corrected chi connectivity index (χ3v) is 17.6. The van der Waals surface area contributed by atoms with Crippen molar-refractivity contribution in [2.24, 2.45) is 5.92 Å². The minimum absolute atomic E-state index is 0.00393. The molecular weight excluding hydrogens is 1140 g/mol. The minimum atomic E-state index is -4.97. The molecule has 8 aromatic rings. The molecule has 0 aliphatic carbocycles. The highest BCUT2D eigenvalue weighted by molar-refractivity contribution is 7.23. The van der Waals surface area contributed by atoms with Crippen LogP contribution in [-0.4, -0.2) is 104 Å². The van der Waals surface area contributed by atoms with E-state index in [1.807, 2.05) is 79.1 Å². The predicted molar refractivity (Wildman–Crippen MR) is 317 cm³/mol. The number of nitrogen functional groups attached to an aromatic ring is 1. The number of nitrogens with zero attached hydrogens (tertiary/aromatic N) is 9. The zero-order valence-corrected chi connectivity index (χ0v) is 48.8. The van der Waals surface area contributed by atoms with Crippen molar-refractivity contribution in [3.05, 3.63) is 124 Å². The minimum Gasteiger partial charge on any atom is -0.486 e. The highest BCUT2D eigenvalue weighted by atomic mass is 35.5. The molecule has 4 N–H and O–H groups in total. The molecule has 17 nitrogen and oxygen atoms in total. The van der Waals surface area contributed by atoms with E-state index in [1.165, 1.54) is 6.07 Å². The van der Waals surface area contributed by atoms with Crippen LogP contribution >= 0.6 is 22.9 Å². The van der Waals surface area contributed by atoms with E-state index in [0.717, 1.165) is 66.0 Å². The zero-order chi connectivity index (χ0) is 59.7. The fourth-order valence-electron chi connectivity index (χ4n) is 11.9. The van der Waals surface area contributed by atoms with E-state index < -0.39 is 29.2 Å². The van der Waals surface area contributed by atoms with Crippen LogP contribution in [0, 0.1) is 23.1 Å². The molecule has 0 spiro atoms. The van der Waals surface area contributed by atoms with Gasteiger partial charge in [0.05, 0.1) is 52.0 Å². The number of rotatable bonds is 15. The third kappa shape index (κ3) is 12.3. The summed E-state index contributed by atoms with van der Waals surface area (Å²) < 4.78 is 83.3. The van der Waals surface area contributed by atoms with Crippen molar-refractivity contribution >= 4 is 67.1 Å². The second kappa shape index (κ2) is 24.9. The van der Waals surface area contributed by atoms with Crippen LogP contribution in [0.25, 0.3) is 54.6 Å². The maximum atomic E-state index is 15.9. The number of nitrogens with one attached hydrogen (secondary N) is 2. The summed E-state index contributed by atoms with van der Waals surface area (Å²) in [5.41, 5.74) is 9.16. The lowest BCUT2D eigenvalue weighted by Gasteiger charge is -2.35. The molecule has 4 aromatic heterocycles. The van der Waals surface area contributed by atoms with Crippen LogP contribution in [0.3, 0.4) is 0 Å². The van der Waals surface area contributed by atoms with Gasteiger partial charge in [0.1, 0.15) is 52.7 Å². The first-order valence-corrected chi connectivity index (χ1v) is 29.6. The molecule has 0 radical (unpaired) electrons. The summed E-state index contributed by atoms with van der Waals surface area (Å²) in [7, 11) is 0. The largest absolute Gasteiger partial charge is 0.486 e. The first kappa shape index (κ1) is 58.8. The molecular formula is C62H63ClF4N12O5S. The number of likely N-dealkylation sites (tertiary alicyclic amines) is 1. The van der Waals surface area contributed by atoms with Gasteiger partial charge in [0, 0.05) is 84.3 Å². The smallest absolute Gasteiger partial charge is 0.417 e. The van der Waals surface area contributed by atoms with Gasteiger partial charge in [-0.15, -0.1) is 16.4 Å². The van der Waals surface area contributed by atoms with Gasteiger partial charge in [0.25, 0.3) is 0 Å². The number of piperazine rings is 1. The van der Waals surface area contributed by atoms with Gasteiger partial charge in [-0.3, -0.25) is 14.6 Å². The van der Waals surface area contributed by atoms with E-state index >= 15 is 17.6 Å². The van der Waals surface area contributed by atoms with E-state index in [0.29, 0.717) is 73.9 Å². The van der Waals surface area contributed by atoms with Gasteiger partial charge < -0.3 is 40.4 Å². The van der Waals surface area contributed by atoms with E-state index in [2.05, 4.69) is 32.9 Å². The summed E-state index contributed by atoms with van der Waals surface area (Å²) >= 11 is 6.88. The first-order valence-electron chi connectivity index (χ1n) is 28.4. The van der Waals surface area contributed by atoms with Crippen LogP contribution in [0.2, 0.25) is 5.02 Å². The number of anilines is 2. The van der Waals surface area contributed by atoms with Crippen LogP contribution in [-0.2, 0) is 27.1 Å². The number of aromatic nitrogens is 6. The van der Waals surface area contributed by atoms with Crippen molar-refractivity contribution in [3.63, 3.8) is 0 Å². The summed E-state index contributed by atoms with van der Waals surface area (Å²) in [6, 6.07) is 23.8. The number of fused-ring (bicyclic) bond motifs is 4. The highest BCUT2D eigenvalue weighted by Gasteiger charge is 2.41. The molecule has 4 aliphatic rings. The molecule has 5 unspecified atom stereocenters. The normalized spacial score (nSPS) is 18.7. The summed E-state index contributed by atoms with van der Waals surface area (Å²) in [6.07, 6.45) is 3.79. The maximum Gasteiger partial charge on any atom is 0.417 e. The number of hydrogen-bond donors (Lipinski definition) is 3. The Morgan fingerprint density at radius 2 is 1.73 bits per heavy atom. The molecule has 85 heavy (non-hydrogen) atoms. The Balaban J connectivity index is 0.000000357. The molecule has 4 aromatic carbocycles. The average molecular weight is 1200 g/mol. The van der Waals surface area contributed by atoms with E-state index in [4.69, 9.17) is 41.5 Å². The van der Waals surface area contributed by atoms with E-state index in [-0.39, 0.29) is 103 Å². The lowest BCUT2D eigenvalue weighted by molar-refractivity contribution is -0.137. The van der Waals surface area contributed by atoms with Crippen molar-refractivity contribution in [2.45, 2.75) is 115 Å². The molecule has 5 atom stereocenters. The summed E-state index contributed by atoms with van der Waals surface area (Å²) in [6.45, 7) is 10.4. The van der Waals surface area contributed by atoms with Gasteiger partial charge >= 0.3 is 12.2 Å². The van der Waals surface area contributed by atoms with Gasteiger partial charge in [-0.1, -0.05) is 85.3 Å². The molecule has 4 aliphatic heterocycles. The summed E-state index contributed by atoms with van der Waals surface area (Å²) in [5.74, 6) is -0.723. The third-order valence-electron chi connectivity index (χ3n) is 16.3. The van der Waals surface area contributed by atoms with Gasteiger partial charge in [0.15, 0.2) is 5.75 Å². The summed E-state index contributed by atoms with van der Waals surface area (Å²) in [4.78, 5) is 41.9. The number of halogens is 5. The molecule has 0 saturated carbocycles. The zero-order valence-electron chi connectivity index (χ0n) is 47.2. The average Bonchev–Trinajstić information content (AvgIpc) is 1.84. The number of nitrogens with two attached hydrogens (primary N) is 1. The topological polar surface area (TPSA) is 212 Å². The number of thiophene rings is 1. The number of benzene rings is 4. The van der Waals surface area contributed by atoms with Crippen molar-refractivity contribution in [2.75, 3.05) is 43.5 Å². The number of nitriles is 1. The number of carbonyl (C=O) groups excluding carboxylic acids is 2. The maximum absolute atomic E-state index is 15.9. The monoisotopic (exact) mass is 1200 g/mol. The standard InChI is InChI=1S/C48H50F4N10O4S.C14H13ClN2O/c1-25(2)41(46(63)61-16-4-5-26(61)3)62-23-37(58-59-62)28-8-6-27(7-9-28)24-65-42-39(32-12-13-36(49)43-38(32)34(20-53)44(54)67-43)35(48(50,51)52)19-33-40(42)56-47(66-31-14-17-64-18-15-31)57-45(33)60-21-29-10-11-30(22-60)55-29;1-10(17-9-18)11-4-6-12(7-5-11)14-13(15)3-2-8-16-14/h6-9,12-13,19,23,25-26,29-31,41,55H,4-5,10-11,14-18,21-22,24,54H2,1-3H3;2-10H,1H3,(H,17,18). The van der Waals surface area contributed by atoms with E-state index in [9.17, 15) is 14.9 Å². The Morgan fingerprint density at radius 3 is 2.39 bits per heavy atom. The number of ether oxygens (including phenoxy) is 3. The molecule has 2 amide bonds. The first-order chi connectivity index (χ1) is 41.0. The molecule has 2 bridgehead atoms. The Kier molecular flexibility index (Phi) is 17.2. The van der Waals surface area contributed by atoms with Crippen molar-refractivity contribution in [1.29, 1.82) is 5.26 Å². The van der Waals surface area contributed by atoms with Crippen molar-refractivity contribution < 1.29 is 41.4 Å². The number of carbonyl (C=O) groups is 2. The van der Waals surface area contributed by atoms with Crippen LogP contribution in [0.15, 0.2) is 91.3 Å². The Bertz CT molecular complexity index is 3780. The van der Waals surface area contributed by atoms with E-state index in [1.54, 1.807) is 35.3 Å². The second-order valence-electron chi connectivity index (χ2n) is 22.3. The molecule has 8 heterocycles. The Hall–Kier alpha value is -7.97.